The molecule has 20 heavy (non-hydrogen) atoms. The summed E-state index contributed by atoms with van der Waals surface area (Å²) in [5.41, 5.74) is 9.22. The number of hydrogen-bond donors (Lipinski definition) is 1. The smallest absolute Gasteiger partial charge is 0.0960 e. The van der Waals surface area contributed by atoms with Crippen molar-refractivity contribution in [3.8, 4) is 0 Å². The van der Waals surface area contributed by atoms with Crippen LogP contribution < -0.4 is 5.73 Å². The molecule has 2 N–H and O–H groups in total. The quantitative estimate of drug-likeness (QED) is 0.884. The molecular weight excluding hydrogens is 292 g/mol. The molecule has 2 heterocycles. The minimum absolute atomic E-state index is 0. The zero-order chi connectivity index (χ0) is 13.1. The number of ether oxygens (including phenoxy) is 1. The molecule has 0 spiro atoms. The molecule has 1 saturated heterocycles. The Morgan fingerprint density at radius 3 is 3.00 bits per heavy atom. The van der Waals surface area contributed by atoms with Crippen molar-refractivity contribution in [3.63, 3.8) is 0 Å². The van der Waals surface area contributed by atoms with E-state index in [0.29, 0.717) is 0 Å². The predicted molar refractivity (Wildman–Crippen MR) is 86.4 cm³/mol. The van der Waals surface area contributed by atoms with Crippen molar-refractivity contribution in [1.82, 2.24) is 4.90 Å². The summed E-state index contributed by atoms with van der Waals surface area (Å²) in [7, 11) is 0. The van der Waals surface area contributed by atoms with Gasteiger partial charge in [-0.1, -0.05) is 12.1 Å². The number of morpholine rings is 1. The molecule has 1 unspecified atom stereocenters. The van der Waals surface area contributed by atoms with Gasteiger partial charge in [-0.2, -0.15) is 11.3 Å². The molecule has 1 aromatic heterocycles. The van der Waals surface area contributed by atoms with Crippen molar-refractivity contribution in [3.05, 3.63) is 52.2 Å². The standard InChI is InChI=1S/C15H18N2OS.ClH/c16-14-3-1-2-12(8-14)9-17-5-6-18-15(10-17)13-4-7-19-11-13;/h1-4,7-8,11,15H,5-6,9-10,16H2;1H. The largest absolute Gasteiger partial charge is 0.399 e. The molecule has 0 saturated carbocycles. The Kier molecular flexibility index (Phi) is 5.43. The van der Waals surface area contributed by atoms with Crippen LogP contribution in [0.2, 0.25) is 0 Å². The van der Waals surface area contributed by atoms with Gasteiger partial charge in [0, 0.05) is 25.3 Å². The number of nitrogens with zero attached hydrogens (tertiary/aromatic N) is 1. The molecule has 108 valence electrons. The average molecular weight is 311 g/mol. The van der Waals surface area contributed by atoms with E-state index in [9.17, 15) is 0 Å². The minimum atomic E-state index is 0. The van der Waals surface area contributed by atoms with Crippen LogP contribution in [0, 0.1) is 0 Å². The first kappa shape index (κ1) is 15.3. The summed E-state index contributed by atoms with van der Waals surface area (Å²) in [4.78, 5) is 2.43. The fourth-order valence-corrected chi connectivity index (χ4v) is 3.16. The molecule has 0 bridgehead atoms. The predicted octanol–water partition coefficient (Wildman–Crippen LogP) is 3.33. The van der Waals surface area contributed by atoms with Gasteiger partial charge in [-0.15, -0.1) is 12.4 Å². The average Bonchev–Trinajstić information content (AvgIpc) is 2.93. The molecule has 1 aromatic carbocycles. The maximum atomic E-state index is 5.85. The minimum Gasteiger partial charge on any atom is -0.399 e. The van der Waals surface area contributed by atoms with Crippen molar-refractivity contribution in [2.24, 2.45) is 0 Å². The van der Waals surface area contributed by atoms with Gasteiger partial charge in [-0.05, 0) is 40.1 Å². The molecule has 3 rings (SSSR count). The fraction of sp³-hybridized carbons (Fsp3) is 0.333. The van der Waals surface area contributed by atoms with Crippen LogP contribution in [0.5, 0.6) is 0 Å². The van der Waals surface area contributed by atoms with Gasteiger partial charge in [0.2, 0.25) is 0 Å². The second kappa shape index (κ2) is 7.09. The van der Waals surface area contributed by atoms with Gasteiger partial charge in [-0.25, -0.2) is 0 Å². The number of thiophene rings is 1. The number of halogens is 1. The van der Waals surface area contributed by atoms with Gasteiger partial charge in [0.05, 0.1) is 12.7 Å². The molecule has 2 aromatic rings. The molecule has 1 aliphatic heterocycles. The molecule has 0 amide bonds. The van der Waals surface area contributed by atoms with Crippen LogP contribution in [0.3, 0.4) is 0 Å². The zero-order valence-corrected chi connectivity index (χ0v) is 12.8. The first-order valence-electron chi connectivity index (χ1n) is 6.52. The van der Waals surface area contributed by atoms with E-state index >= 15 is 0 Å². The first-order chi connectivity index (χ1) is 9.31. The van der Waals surface area contributed by atoms with Crippen LogP contribution in [0.1, 0.15) is 17.2 Å². The van der Waals surface area contributed by atoms with E-state index in [1.807, 2.05) is 12.1 Å². The number of nitrogens with two attached hydrogens (primary N) is 1. The molecule has 1 aliphatic rings. The summed E-state index contributed by atoms with van der Waals surface area (Å²) < 4.78 is 5.85. The Balaban J connectivity index is 0.00000147. The van der Waals surface area contributed by atoms with Gasteiger partial charge < -0.3 is 10.5 Å². The number of rotatable bonds is 3. The zero-order valence-electron chi connectivity index (χ0n) is 11.2. The van der Waals surface area contributed by atoms with Crippen LogP contribution in [0.15, 0.2) is 41.1 Å². The van der Waals surface area contributed by atoms with Gasteiger partial charge >= 0.3 is 0 Å². The van der Waals surface area contributed by atoms with Crippen LogP contribution in [-0.4, -0.2) is 24.6 Å². The molecule has 1 fully saturated rings. The SMILES string of the molecule is Cl.Nc1cccc(CN2CCOC(c3ccsc3)C2)c1. The number of hydrogen-bond acceptors (Lipinski definition) is 4. The van der Waals surface area contributed by atoms with Crippen molar-refractivity contribution in [1.29, 1.82) is 0 Å². The van der Waals surface area contributed by atoms with Crippen LogP contribution in [0.4, 0.5) is 5.69 Å². The Hall–Kier alpha value is -1.07. The number of nitrogen functional groups attached to an aromatic ring is 1. The maximum Gasteiger partial charge on any atom is 0.0960 e. The summed E-state index contributed by atoms with van der Waals surface area (Å²) in [6.45, 7) is 3.67. The second-order valence-corrected chi connectivity index (χ2v) is 5.68. The topological polar surface area (TPSA) is 38.5 Å². The van der Waals surface area contributed by atoms with E-state index in [0.717, 1.165) is 31.9 Å². The highest BCUT2D eigenvalue weighted by Crippen LogP contribution is 2.25. The third-order valence-electron chi connectivity index (χ3n) is 3.42. The van der Waals surface area contributed by atoms with Crippen LogP contribution >= 0.6 is 23.7 Å². The lowest BCUT2D eigenvalue weighted by Crippen LogP contribution is -2.37. The Morgan fingerprint density at radius 1 is 1.35 bits per heavy atom. The molecule has 1 atom stereocenters. The Labute approximate surface area is 129 Å². The molecule has 3 nitrogen and oxygen atoms in total. The fourth-order valence-electron chi connectivity index (χ4n) is 2.46. The summed E-state index contributed by atoms with van der Waals surface area (Å²) in [5.74, 6) is 0. The Bertz CT molecular complexity index is 532. The van der Waals surface area contributed by atoms with E-state index in [1.165, 1.54) is 11.1 Å². The number of anilines is 1. The summed E-state index contributed by atoms with van der Waals surface area (Å²) in [5, 5.41) is 4.28. The van der Waals surface area contributed by atoms with Crippen molar-refractivity contribution >= 4 is 29.4 Å². The van der Waals surface area contributed by atoms with Gasteiger partial charge in [0.1, 0.15) is 0 Å². The maximum absolute atomic E-state index is 5.85. The lowest BCUT2D eigenvalue weighted by atomic mass is 10.1. The van der Waals surface area contributed by atoms with Crippen molar-refractivity contribution in [2.75, 3.05) is 25.4 Å². The Morgan fingerprint density at radius 2 is 2.25 bits per heavy atom. The van der Waals surface area contributed by atoms with E-state index in [4.69, 9.17) is 10.5 Å². The van der Waals surface area contributed by atoms with E-state index in [-0.39, 0.29) is 18.5 Å². The van der Waals surface area contributed by atoms with E-state index in [1.54, 1.807) is 11.3 Å². The lowest BCUT2D eigenvalue weighted by Gasteiger charge is -2.32. The monoisotopic (exact) mass is 310 g/mol. The molecule has 0 aliphatic carbocycles. The van der Waals surface area contributed by atoms with Crippen LogP contribution in [-0.2, 0) is 11.3 Å². The highest BCUT2D eigenvalue weighted by Gasteiger charge is 2.22. The summed E-state index contributed by atoms with van der Waals surface area (Å²) in [6, 6.07) is 10.3. The molecular formula is C15H19ClN2OS. The molecule has 5 heteroatoms. The number of benzene rings is 1. The van der Waals surface area contributed by atoms with Gasteiger partial charge in [0.15, 0.2) is 0 Å². The van der Waals surface area contributed by atoms with Crippen molar-refractivity contribution < 1.29 is 4.74 Å². The summed E-state index contributed by atoms with van der Waals surface area (Å²) in [6.07, 6.45) is 0.209. The lowest BCUT2D eigenvalue weighted by molar-refractivity contribution is -0.0327. The third kappa shape index (κ3) is 3.73. The summed E-state index contributed by atoms with van der Waals surface area (Å²) >= 11 is 1.73. The highest BCUT2D eigenvalue weighted by atomic mass is 35.5. The third-order valence-corrected chi connectivity index (χ3v) is 4.12. The highest BCUT2D eigenvalue weighted by molar-refractivity contribution is 7.07. The van der Waals surface area contributed by atoms with Crippen molar-refractivity contribution in [2.45, 2.75) is 12.6 Å². The first-order valence-corrected chi connectivity index (χ1v) is 7.46. The van der Waals surface area contributed by atoms with E-state index < -0.39 is 0 Å². The van der Waals surface area contributed by atoms with Gasteiger partial charge in [-0.3, -0.25) is 4.90 Å². The molecule has 0 radical (unpaired) electrons. The van der Waals surface area contributed by atoms with E-state index in [2.05, 4.69) is 33.9 Å². The normalized spacial score (nSPS) is 19.5. The van der Waals surface area contributed by atoms with Gasteiger partial charge in [0.25, 0.3) is 0 Å². The van der Waals surface area contributed by atoms with Crippen LogP contribution in [0.25, 0.3) is 0 Å². The second-order valence-electron chi connectivity index (χ2n) is 4.90.